The highest BCUT2D eigenvalue weighted by Gasteiger charge is 2.37. The van der Waals surface area contributed by atoms with Crippen LogP contribution in [-0.2, 0) is 4.74 Å². The molecule has 0 spiro atoms. The number of nitrogens with zero attached hydrogens (tertiary/aromatic N) is 3. The highest BCUT2D eigenvalue weighted by molar-refractivity contribution is 7.18. The number of nitrogen functional groups attached to an aromatic ring is 1. The number of aromatic nitrogens is 2. The number of nitrogens with two attached hydrogens (primary N) is 1. The van der Waals surface area contributed by atoms with Crippen LogP contribution in [0.5, 0.6) is 0 Å². The van der Waals surface area contributed by atoms with Gasteiger partial charge in [-0.15, -0.1) is 11.3 Å². The van der Waals surface area contributed by atoms with Gasteiger partial charge in [0.1, 0.15) is 10.6 Å². The summed E-state index contributed by atoms with van der Waals surface area (Å²) in [5.41, 5.74) is 2.59. The third-order valence-corrected chi connectivity index (χ3v) is 5.32. The molecule has 6 nitrogen and oxygen atoms in total. The van der Waals surface area contributed by atoms with Gasteiger partial charge in [0.25, 0.3) is 0 Å². The van der Waals surface area contributed by atoms with E-state index in [1.807, 2.05) is 0 Å². The topological polar surface area (TPSA) is 76.3 Å². The third-order valence-electron chi connectivity index (χ3n) is 4.38. The average molecular weight is 305 g/mol. The second-order valence-electron chi connectivity index (χ2n) is 5.69. The SMILES string of the molecule is Cc1cc2c(N3CCOC4CCCC43)nc(NN)nc2s1. The molecule has 0 amide bonds. The molecule has 1 saturated heterocycles. The molecule has 112 valence electrons. The van der Waals surface area contributed by atoms with E-state index in [1.54, 1.807) is 11.3 Å². The average Bonchev–Trinajstić information content (AvgIpc) is 3.10. The molecule has 1 aliphatic carbocycles. The molecule has 2 aliphatic rings. The van der Waals surface area contributed by atoms with Crippen molar-refractivity contribution in [2.24, 2.45) is 5.84 Å². The molecule has 3 heterocycles. The fourth-order valence-electron chi connectivity index (χ4n) is 3.50. The Morgan fingerprint density at radius 3 is 3.19 bits per heavy atom. The Morgan fingerprint density at radius 2 is 2.33 bits per heavy atom. The van der Waals surface area contributed by atoms with E-state index >= 15 is 0 Å². The maximum Gasteiger partial charge on any atom is 0.240 e. The zero-order valence-electron chi connectivity index (χ0n) is 12.0. The maximum atomic E-state index is 5.90. The van der Waals surface area contributed by atoms with Gasteiger partial charge in [-0.1, -0.05) is 0 Å². The number of anilines is 2. The predicted molar refractivity (Wildman–Crippen MR) is 84.7 cm³/mol. The van der Waals surface area contributed by atoms with Crippen LogP contribution >= 0.6 is 11.3 Å². The molecule has 2 atom stereocenters. The van der Waals surface area contributed by atoms with Crippen molar-refractivity contribution in [2.45, 2.75) is 38.3 Å². The lowest BCUT2D eigenvalue weighted by atomic mass is 10.1. The van der Waals surface area contributed by atoms with Crippen molar-refractivity contribution in [3.8, 4) is 0 Å². The normalized spacial score (nSPS) is 25.3. The van der Waals surface area contributed by atoms with Crippen molar-refractivity contribution in [2.75, 3.05) is 23.5 Å². The molecular formula is C14H19N5OS. The van der Waals surface area contributed by atoms with E-state index in [1.165, 1.54) is 17.7 Å². The maximum absolute atomic E-state index is 5.90. The van der Waals surface area contributed by atoms with Gasteiger partial charge in [0.05, 0.1) is 24.1 Å². The van der Waals surface area contributed by atoms with Crippen LogP contribution in [0.15, 0.2) is 6.07 Å². The molecule has 0 aromatic carbocycles. The summed E-state index contributed by atoms with van der Waals surface area (Å²) in [6.45, 7) is 3.75. The number of fused-ring (bicyclic) bond motifs is 2. The van der Waals surface area contributed by atoms with Crippen LogP contribution in [0.1, 0.15) is 24.1 Å². The highest BCUT2D eigenvalue weighted by atomic mass is 32.1. The van der Waals surface area contributed by atoms with Crippen molar-refractivity contribution in [1.82, 2.24) is 9.97 Å². The first-order valence-corrected chi connectivity index (χ1v) is 8.21. The fraction of sp³-hybridized carbons (Fsp3) is 0.571. The minimum atomic E-state index is 0.345. The van der Waals surface area contributed by atoms with E-state index < -0.39 is 0 Å². The van der Waals surface area contributed by atoms with Crippen molar-refractivity contribution >= 4 is 33.3 Å². The predicted octanol–water partition coefficient (Wildman–Crippen LogP) is 2.04. The second kappa shape index (κ2) is 5.08. The summed E-state index contributed by atoms with van der Waals surface area (Å²) in [5, 5.41) is 1.13. The van der Waals surface area contributed by atoms with Gasteiger partial charge in [0.15, 0.2) is 0 Å². The van der Waals surface area contributed by atoms with Gasteiger partial charge >= 0.3 is 0 Å². The van der Waals surface area contributed by atoms with E-state index in [-0.39, 0.29) is 0 Å². The zero-order chi connectivity index (χ0) is 14.4. The van der Waals surface area contributed by atoms with Gasteiger partial charge in [0, 0.05) is 11.4 Å². The highest BCUT2D eigenvalue weighted by Crippen LogP contribution is 2.37. The molecule has 4 rings (SSSR count). The molecule has 1 aliphatic heterocycles. The number of hydrogen-bond donors (Lipinski definition) is 2. The zero-order valence-corrected chi connectivity index (χ0v) is 12.8. The summed E-state index contributed by atoms with van der Waals surface area (Å²) in [6, 6.07) is 2.61. The fourth-order valence-corrected chi connectivity index (χ4v) is 4.37. The Labute approximate surface area is 127 Å². The van der Waals surface area contributed by atoms with Crippen molar-refractivity contribution < 1.29 is 4.74 Å². The number of aryl methyl sites for hydroxylation is 1. The van der Waals surface area contributed by atoms with Gasteiger partial charge in [-0.05, 0) is 32.3 Å². The Morgan fingerprint density at radius 1 is 1.43 bits per heavy atom. The molecule has 2 aromatic heterocycles. The standard InChI is InChI=1S/C14H19N5OS/c1-8-7-9-12(16-14(18-15)17-13(9)21-8)19-5-6-20-11-4-2-3-10(11)19/h7,10-11H,2-6,15H2,1H3,(H,16,17,18). The molecule has 0 bridgehead atoms. The van der Waals surface area contributed by atoms with Crippen molar-refractivity contribution in [3.05, 3.63) is 10.9 Å². The summed E-state index contributed by atoms with van der Waals surface area (Å²) < 4.78 is 5.90. The van der Waals surface area contributed by atoms with Gasteiger partial charge in [-0.25, -0.2) is 10.8 Å². The number of hydrogen-bond acceptors (Lipinski definition) is 7. The Hall–Kier alpha value is -1.44. The minimum absolute atomic E-state index is 0.345. The van der Waals surface area contributed by atoms with Crippen LogP contribution in [0.4, 0.5) is 11.8 Å². The second-order valence-corrected chi connectivity index (χ2v) is 6.93. The summed E-state index contributed by atoms with van der Waals surface area (Å²) in [6.07, 6.45) is 3.90. The number of thiophene rings is 1. The molecule has 0 radical (unpaired) electrons. The summed E-state index contributed by atoms with van der Waals surface area (Å²) in [5.74, 6) is 7.02. The Bertz CT molecular complexity index is 673. The molecule has 7 heteroatoms. The van der Waals surface area contributed by atoms with Crippen LogP contribution in [0.25, 0.3) is 10.2 Å². The lowest BCUT2D eigenvalue weighted by molar-refractivity contribution is 0.0254. The molecule has 2 fully saturated rings. The molecule has 2 unspecified atom stereocenters. The van der Waals surface area contributed by atoms with E-state index in [0.29, 0.717) is 18.1 Å². The number of ether oxygens (including phenoxy) is 1. The quantitative estimate of drug-likeness (QED) is 0.653. The van der Waals surface area contributed by atoms with Crippen LogP contribution < -0.4 is 16.2 Å². The van der Waals surface area contributed by atoms with Crippen LogP contribution in [0.3, 0.4) is 0 Å². The largest absolute Gasteiger partial charge is 0.374 e. The number of rotatable bonds is 2. The van der Waals surface area contributed by atoms with Crippen molar-refractivity contribution in [1.29, 1.82) is 0 Å². The molecular weight excluding hydrogens is 286 g/mol. The van der Waals surface area contributed by atoms with E-state index in [4.69, 9.17) is 10.6 Å². The van der Waals surface area contributed by atoms with Crippen LogP contribution in [-0.4, -0.2) is 35.3 Å². The monoisotopic (exact) mass is 305 g/mol. The third kappa shape index (κ3) is 2.16. The number of morpholine rings is 1. The Kier molecular flexibility index (Phi) is 3.20. The van der Waals surface area contributed by atoms with Crippen molar-refractivity contribution in [3.63, 3.8) is 0 Å². The summed E-state index contributed by atoms with van der Waals surface area (Å²) in [7, 11) is 0. The smallest absolute Gasteiger partial charge is 0.240 e. The number of nitrogens with one attached hydrogen (secondary N) is 1. The minimum Gasteiger partial charge on any atom is -0.374 e. The summed E-state index contributed by atoms with van der Waals surface area (Å²) >= 11 is 1.68. The lowest BCUT2D eigenvalue weighted by Gasteiger charge is -2.38. The first-order chi connectivity index (χ1) is 10.3. The van der Waals surface area contributed by atoms with Gasteiger partial charge < -0.3 is 9.64 Å². The van der Waals surface area contributed by atoms with E-state index in [0.717, 1.165) is 35.6 Å². The van der Waals surface area contributed by atoms with Gasteiger partial charge in [0.2, 0.25) is 5.95 Å². The Balaban J connectivity index is 1.84. The first-order valence-electron chi connectivity index (χ1n) is 7.39. The van der Waals surface area contributed by atoms with Gasteiger partial charge in [-0.2, -0.15) is 4.98 Å². The lowest BCUT2D eigenvalue weighted by Crippen LogP contribution is -2.49. The molecule has 2 aromatic rings. The van der Waals surface area contributed by atoms with Gasteiger partial charge in [-0.3, -0.25) is 5.43 Å². The summed E-state index contributed by atoms with van der Waals surface area (Å²) in [4.78, 5) is 13.8. The van der Waals surface area contributed by atoms with E-state index in [9.17, 15) is 0 Å². The molecule has 21 heavy (non-hydrogen) atoms. The number of hydrazine groups is 1. The van der Waals surface area contributed by atoms with E-state index in [2.05, 4.69) is 33.3 Å². The van der Waals surface area contributed by atoms with Crippen LogP contribution in [0.2, 0.25) is 0 Å². The van der Waals surface area contributed by atoms with Crippen LogP contribution in [0, 0.1) is 6.92 Å². The first kappa shape index (κ1) is 13.2. The molecule has 1 saturated carbocycles. The molecule has 3 N–H and O–H groups in total.